The van der Waals surface area contributed by atoms with Crippen molar-refractivity contribution >= 4 is 27.5 Å². The Labute approximate surface area is 84.2 Å². The molecule has 0 amide bonds. The summed E-state index contributed by atoms with van der Waals surface area (Å²) in [6, 6.07) is 1.95. The zero-order valence-electron chi connectivity index (χ0n) is 7.30. The van der Waals surface area contributed by atoms with E-state index in [2.05, 4.69) is 9.97 Å². The topological polar surface area (TPSA) is 63.1 Å². The first kappa shape index (κ1) is 9.08. The number of aryl methyl sites for hydroxylation is 1. The second-order valence-electron chi connectivity index (χ2n) is 2.86. The predicted octanol–water partition coefficient (Wildman–Crippen LogP) is 1.71. The molecule has 2 aromatic heterocycles. The third kappa shape index (κ3) is 1.88. The maximum atomic E-state index is 10.3. The van der Waals surface area contributed by atoms with Gasteiger partial charge in [0.05, 0.1) is 6.42 Å². The fourth-order valence-corrected chi connectivity index (χ4v) is 1.89. The van der Waals surface area contributed by atoms with Crippen molar-refractivity contribution in [2.24, 2.45) is 0 Å². The van der Waals surface area contributed by atoms with Crippen LogP contribution in [0.4, 0.5) is 0 Å². The van der Waals surface area contributed by atoms with Gasteiger partial charge in [0, 0.05) is 18.0 Å². The van der Waals surface area contributed by atoms with Gasteiger partial charge in [-0.05, 0) is 11.4 Å². The first-order valence-corrected chi connectivity index (χ1v) is 5.04. The summed E-state index contributed by atoms with van der Waals surface area (Å²) in [5.74, 6) is -0.220. The van der Waals surface area contributed by atoms with Gasteiger partial charge in [-0.1, -0.05) is 0 Å². The SMILES string of the molecule is O=C(O)CCc1ncc2ccsc2n1. The standard InChI is InChI=1S/C9H8N2O2S/c12-8(13)2-1-7-10-5-6-3-4-14-9(6)11-7/h3-5H,1-2H2,(H,12,13). The Kier molecular flexibility index (Phi) is 2.41. The lowest BCUT2D eigenvalue weighted by molar-refractivity contribution is -0.137. The average Bonchev–Trinajstić information content (AvgIpc) is 2.61. The molecule has 0 saturated heterocycles. The van der Waals surface area contributed by atoms with Crippen molar-refractivity contribution in [3.63, 3.8) is 0 Å². The zero-order chi connectivity index (χ0) is 9.97. The van der Waals surface area contributed by atoms with Gasteiger partial charge >= 0.3 is 5.97 Å². The van der Waals surface area contributed by atoms with Crippen LogP contribution in [0.5, 0.6) is 0 Å². The Hall–Kier alpha value is -1.49. The van der Waals surface area contributed by atoms with Gasteiger partial charge in [0.15, 0.2) is 0 Å². The number of carboxylic acid groups (broad SMARTS) is 1. The average molecular weight is 208 g/mol. The quantitative estimate of drug-likeness (QED) is 0.834. The van der Waals surface area contributed by atoms with Gasteiger partial charge in [-0.3, -0.25) is 4.79 Å². The number of carboxylic acids is 1. The first-order chi connectivity index (χ1) is 6.75. The summed E-state index contributed by atoms with van der Waals surface area (Å²) in [4.78, 5) is 19.6. The monoisotopic (exact) mass is 208 g/mol. The summed E-state index contributed by atoms with van der Waals surface area (Å²) >= 11 is 1.54. The second-order valence-corrected chi connectivity index (χ2v) is 3.76. The summed E-state index contributed by atoms with van der Waals surface area (Å²) < 4.78 is 0. The molecule has 0 fully saturated rings. The van der Waals surface area contributed by atoms with E-state index in [0.717, 1.165) is 10.2 Å². The number of hydrogen-bond acceptors (Lipinski definition) is 4. The van der Waals surface area contributed by atoms with E-state index in [1.807, 2.05) is 11.4 Å². The minimum absolute atomic E-state index is 0.0802. The molecule has 0 spiro atoms. The number of aliphatic carboxylic acids is 1. The first-order valence-electron chi connectivity index (χ1n) is 4.16. The van der Waals surface area contributed by atoms with Crippen LogP contribution in [0.15, 0.2) is 17.6 Å². The highest BCUT2D eigenvalue weighted by Crippen LogP contribution is 2.17. The molecule has 0 unspecified atom stereocenters. The van der Waals surface area contributed by atoms with Crippen LogP contribution in [-0.2, 0) is 11.2 Å². The molecule has 72 valence electrons. The van der Waals surface area contributed by atoms with E-state index in [9.17, 15) is 4.79 Å². The van der Waals surface area contributed by atoms with E-state index in [4.69, 9.17) is 5.11 Å². The maximum absolute atomic E-state index is 10.3. The van der Waals surface area contributed by atoms with Crippen molar-refractivity contribution in [3.8, 4) is 0 Å². The molecule has 0 aliphatic rings. The second kappa shape index (κ2) is 3.71. The molecule has 4 nitrogen and oxygen atoms in total. The Balaban J connectivity index is 2.21. The van der Waals surface area contributed by atoms with Crippen LogP contribution in [0.1, 0.15) is 12.2 Å². The van der Waals surface area contributed by atoms with Crippen LogP contribution in [0.3, 0.4) is 0 Å². The molecule has 2 aromatic rings. The molecule has 2 heterocycles. The van der Waals surface area contributed by atoms with Gasteiger partial charge in [0.25, 0.3) is 0 Å². The lowest BCUT2D eigenvalue weighted by Gasteiger charge is -1.96. The number of rotatable bonds is 3. The van der Waals surface area contributed by atoms with E-state index in [1.54, 1.807) is 6.20 Å². The molecule has 0 atom stereocenters. The lowest BCUT2D eigenvalue weighted by atomic mass is 10.3. The van der Waals surface area contributed by atoms with Gasteiger partial charge in [-0.2, -0.15) is 0 Å². The van der Waals surface area contributed by atoms with Crippen molar-refractivity contribution in [2.75, 3.05) is 0 Å². The van der Waals surface area contributed by atoms with Crippen LogP contribution in [0.25, 0.3) is 10.2 Å². The molecule has 1 N–H and O–H groups in total. The third-order valence-electron chi connectivity index (χ3n) is 1.82. The summed E-state index contributed by atoms with van der Waals surface area (Å²) in [6.07, 6.45) is 2.20. The fourth-order valence-electron chi connectivity index (χ4n) is 1.13. The van der Waals surface area contributed by atoms with Gasteiger partial charge in [0.1, 0.15) is 10.7 Å². The predicted molar refractivity (Wildman–Crippen MR) is 53.4 cm³/mol. The normalized spacial score (nSPS) is 10.6. The highest BCUT2D eigenvalue weighted by molar-refractivity contribution is 7.16. The van der Waals surface area contributed by atoms with Crippen molar-refractivity contribution in [1.82, 2.24) is 9.97 Å². The number of hydrogen-bond donors (Lipinski definition) is 1. The van der Waals surface area contributed by atoms with Crippen molar-refractivity contribution < 1.29 is 9.90 Å². The minimum Gasteiger partial charge on any atom is -0.481 e. The highest BCUT2D eigenvalue weighted by Gasteiger charge is 2.03. The Bertz CT molecular complexity index is 467. The number of thiophene rings is 1. The van der Waals surface area contributed by atoms with Crippen LogP contribution in [-0.4, -0.2) is 21.0 Å². The Morgan fingerprint density at radius 2 is 2.43 bits per heavy atom. The largest absolute Gasteiger partial charge is 0.481 e. The molecule has 0 aliphatic carbocycles. The molecular weight excluding hydrogens is 200 g/mol. The fraction of sp³-hybridized carbons (Fsp3) is 0.222. The van der Waals surface area contributed by atoms with Crippen LogP contribution >= 0.6 is 11.3 Å². The van der Waals surface area contributed by atoms with Gasteiger partial charge in [-0.25, -0.2) is 9.97 Å². The summed E-state index contributed by atoms with van der Waals surface area (Å²) in [6.45, 7) is 0. The Morgan fingerprint density at radius 3 is 3.21 bits per heavy atom. The van der Waals surface area contributed by atoms with E-state index < -0.39 is 5.97 Å². The molecule has 5 heteroatoms. The Morgan fingerprint density at radius 1 is 1.57 bits per heavy atom. The minimum atomic E-state index is -0.820. The van der Waals surface area contributed by atoms with Gasteiger partial charge in [0.2, 0.25) is 0 Å². The zero-order valence-corrected chi connectivity index (χ0v) is 8.12. The van der Waals surface area contributed by atoms with E-state index in [1.165, 1.54) is 11.3 Å². The summed E-state index contributed by atoms with van der Waals surface area (Å²) in [5, 5.41) is 11.4. The summed E-state index contributed by atoms with van der Waals surface area (Å²) in [5.41, 5.74) is 0. The van der Waals surface area contributed by atoms with Crippen molar-refractivity contribution in [2.45, 2.75) is 12.8 Å². The molecule has 0 aromatic carbocycles. The molecule has 0 saturated carbocycles. The van der Waals surface area contributed by atoms with E-state index in [-0.39, 0.29) is 6.42 Å². The van der Waals surface area contributed by atoms with Gasteiger partial charge in [-0.15, -0.1) is 11.3 Å². The van der Waals surface area contributed by atoms with Crippen molar-refractivity contribution in [1.29, 1.82) is 0 Å². The van der Waals surface area contributed by atoms with E-state index in [0.29, 0.717) is 12.2 Å². The molecular formula is C9H8N2O2S. The smallest absolute Gasteiger partial charge is 0.303 e. The van der Waals surface area contributed by atoms with Gasteiger partial charge < -0.3 is 5.11 Å². The molecule has 0 bridgehead atoms. The van der Waals surface area contributed by atoms with E-state index >= 15 is 0 Å². The molecule has 0 aliphatic heterocycles. The molecule has 14 heavy (non-hydrogen) atoms. The highest BCUT2D eigenvalue weighted by atomic mass is 32.1. The molecule has 2 rings (SSSR count). The third-order valence-corrected chi connectivity index (χ3v) is 2.64. The summed E-state index contributed by atoms with van der Waals surface area (Å²) in [7, 11) is 0. The maximum Gasteiger partial charge on any atom is 0.303 e. The van der Waals surface area contributed by atoms with Crippen LogP contribution < -0.4 is 0 Å². The number of nitrogens with zero attached hydrogens (tertiary/aromatic N) is 2. The number of aromatic nitrogens is 2. The van der Waals surface area contributed by atoms with Crippen molar-refractivity contribution in [3.05, 3.63) is 23.5 Å². The lowest BCUT2D eigenvalue weighted by Crippen LogP contribution is -2.00. The molecule has 0 radical (unpaired) electrons. The number of carbonyl (C=O) groups is 1. The van der Waals surface area contributed by atoms with Crippen LogP contribution in [0, 0.1) is 0 Å². The number of fused-ring (bicyclic) bond motifs is 1. The van der Waals surface area contributed by atoms with Crippen LogP contribution in [0.2, 0.25) is 0 Å².